The van der Waals surface area contributed by atoms with E-state index in [2.05, 4.69) is 0 Å². The molecular weight excluding hydrogens is 300 g/mol. The van der Waals surface area contributed by atoms with Crippen molar-refractivity contribution in [1.29, 1.82) is 0 Å². The Balaban J connectivity index is 2.17. The Kier molecular flexibility index (Phi) is 5.09. The Labute approximate surface area is 135 Å². The van der Waals surface area contributed by atoms with Crippen molar-refractivity contribution in [2.45, 2.75) is 33.3 Å². The van der Waals surface area contributed by atoms with Crippen molar-refractivity contribution in [3.05, 3.63) is 63.7 Å². The fourth-order valence-corrected chi connectivity index (χ4v) is 2.31. The number of ether oxygens (including phenoxy) is 1. The second kappa shape index (κ2) is 6.84. The van der Waals surface area contributed by atoms with E-state index >= 15 is 0 Å². The number of carboxylic acid groups (broad SMARTS) is 1. The van der Waals surface area contributed by atoms with Gasteiger partial charge in [-0.1, -0.05) is 29.8 Å². The Bertz CT molecular complexity index is 641. The second-order valence-corrected chi connectivity index (χ2v) is 5.89. The van der Waals surface area contributed by atoms with E-state index in [-0.39, 0.29) is 6.42 Å². The predicted octanol–water partition coefficient (Wildman–Crippen LogP) is 4.34. The summed E-state index contributed by atoms with van der Waals surface area (Å²) >= 11 is 6.09. The molecule has 0 aliphatic heterocycles. The molecule has 4 heteroatoms. The first-order valence-electron chi connectivity index (χ1n) is 7.08. The maximum atomic E-state index is 11.5. The predicted molar refractivity (Wildman–Crippen MR) is 87.9 cm³/mol. The van der Waals surface area contributed by atoms with Crippen molar-refractivity contribution in [2.75, 3.05) is 0 Å². The lowest BCUT2D eigenvalue weighted by molar-refractivity contribution is -0.145. The molecule has 22 heavy (non-hydrogen) atoms. The lowest BCUT2D eigenvalue weighted by Crippen LogP contribution is -2.29. The van der Waals surface area contributed by atoms with Gasteiger partial charge in [0.25, 0.3) is 0 Å². The van der Waals surface area contributed by atoms with E-state index in [0.29, 0.717) is 10.8 Å². The number of rotatable bonds is 5. The van der Waals surface area contributed by atoms with Crippen LogP contribution in [0.2, 0.25) is 5.02 Å². The lowest BCUT2D eigenvalue weighted by Gasteiger charge is -2.16. The molecule has 0 amide bonds. The average Bonchev–Trinajstić information content (AvgIpc) is 2.46. The van der Waals surface area contributed by atoms with Gasteiger partial charge in [-0.2, -0.15) is 0 Å². The van der Waals surface area contributed by atoms with Crippen LogP contribution >= 0.6 is 11.6 Å². The largest absolute Gasteiger partial charge is 0.478 e. The molecule has 1 atom stereocenters. The number of carbonyl (C=O) groups is 1. The molecule has 0 aliphatic rings. The van der Waals surface area contributed by atoms with Gasteiger partial charge in [0.15, 0.2) is 6.10 Å². The van der Waals surface area contributed by atoms with Crippen LogP contribution in [0.3, 0.4) is 0 Å². The number of benzene rings is 2. The van der Waals surface area contributed by atoms with E-state index in [1.54, 1.807) is 12.1 Å². The van der Waals surface area contributed by atoms with Crippen LogP contribution in [0.15, 0.2) is 36.4 Å². The molecule has 0 bridgehead atoms. The Morgan fingerprint density at radius 1 is 1.09 bits per heavy atom. The number of aryl methyl sites for hydroxylation is 3. The quantitative estimate of drug-likeness (QED) is 0.892. The molecule has 0 heterocycles. The fraction of sp³-hybridized carbons (Fsp3) is 0.278. The third-order valence-electron chi connectivity index (χ3n) is 3.69. The van der Waals surface area contributed by atoms with Gasteiger partial charge in [-0.15, -0.1) is 0 Å². The first-order chi connectivity index (χ1) is 10.4. The Morgan fingerprint density at radius 3 is 2.36 bits per heavy atom. The van der Waals surface area contributed by atoms with Crippen LogP contribution in [0, 0.1) is 20.8 Å². The van der Waals surface area contributed by atoms with Crippen molar-refractivity contribution in [3.8, 4) is 5.75 Å². The molecule has 1 N–H and O–H groups in total. The molecule has 1 unspecified atom stereocenters. The average molecular weight is 319 g/mol. The van der Waals surface area contributed by atoms with Gasteiger partial charge in [0, 0.05) is 11.4 Å². The number of aliphatic carboxylic acids is 1. The van der Waals surface area contributed by atoms with E-state index in [0.717, 1.165) is 22.3 Å². The highest BCUT2D eigenvalue weighted by molar-refractivity contribution is 6.31. The van der Waals surface area contributed by atoms with Crippen LogP contribution in [0.5, 0.6) is 5.75 Å². The lowest BCUT2D eigenvalue weighted by atomic mass is 10.1. The molecule has 0 radical (unpaired) electrons. The Hall–Kier alpha value is -2.00. The van der Waals surface area contributed by atoms with Crippen molar-refractivity contribution in [2.24, 2.45) is 0 Å². The molecule has 0 saturated heterocycles. The third kappa shape index (κ3) is 4.01. The van der Waals surface area contributed by atoms with Crippen LogP contribution in [-0.2, 0) is 11.2 Å². The summed E-state index contributed by atoms with van der Waals surface area (Å²) in [6, 6.07) is 11.1. The zero-order chi connectivity index (χ0) is 16.3. The molecular formula is C18H19ClO3. The van der Waals surface area contributed by atoms with E-state index in [1.807, 2.05) is 45.0 Å². The maximum Gasteiger partial charge on any atom is 0.345 e. The minimum absolute atomic E-state index is 0.266. The van der Waals surface area contributed by atoms with Crippen molar-refractivity contribution in [1.82, 2.24) is 0 Å². The highest BCUT2D eigenvalue weighted by Gasteiger charge is 2.20. The molecule has 2 aromatic rings. The zero-order valence-electron chi connectivity index (χ0n) is 12.9. The summed E-state index contributed by atoms with van der Waals surface area (Å²) in [5.41, 5.74) is 4.02. The molecule has 0 spiro atoms. The van der Waals surface area contributed by atoms with Gasteiger partial charge in [-0.05, 0) is 61.2 Å². The molecule has 0 fully saturated rings. The summed E-state index contributed by atoms with van der Waals surface area (Å²) in [4.78, 5) is 11.5. The van der Waals surface area contributed by atoms with Crippen molar-refractivity contribution in [3.63, 3.8) is 0 Å². The summed E-state index contributed by atoms with van der Waals surface area (Å²) in [5.74, 6) is -0.427. The molecule has 116 valence electrons. The van der Waals surface area contributed by atoms with Gasteiger partial charge in [0.2, 0.25) is 0 Å². The van der Waals surface area contributed by atoms with Crippen LogP contribution < -0.4 is 4.74 Å². The van der Waals surface area contributed by atoms with Crippen LogP contribution in [0.25, 0.3) is 0 Å². The number of halogens is 1. The highest BCUT2D eigenvalue weighted by atomic mass is 35.5. The minimum Gasteiger partial charge on any atom is -0.478 e. The van der Waals surface area contributed by atoms with Crippen molar-refractivity contribution >= 4 is 17.6 Å². The molecule has 0 aromatic heterocycles. The summed E-state index contributed by atoms with van der Waals surface area (Å²) < 4.78 is 5.64. The minimum atomic E-state index is -0.991. The van der Waals surface area contributed by atoms with Gasteiger partial charge in [-0.25, -0.2) is 4.79 Å². The summed E-state index contributed by atoms with van der Waals surface area (Å²) in [7, 11) is 0. The summed E-state index contributed by atoms with van der Waals surface area (Å²) in [6.45, 7) is 5.88. The maximum absolute atomic E-state index is 11.5. The van der Waals surface area contributed by atoms with Gasteiger partial charge in [0.05, 0.1) is 0 Å². The SMILES string of the molecule is Cc1ccc(OC(Cc2ccc(C)c(Cl)c2)C(=O)O)cc1C. The zero-order valence-corrected chi connectivity index (χ0v) is 13.6. The molecule has 0 aliphatic carbocycles. The first kappa shape index (κ1) is 16.4. The number of carboxylic acids is 1. The third-order valence-corrected chi connectivity index (χ3v) is 4.10. The second-order valence-electron chi connectivity index (χ2n) is 5.48. The molecule has 2 aromatic carbocycles. The van der Waals surface area contributed by atoms with E-state index in [1.165, 1.54) is 0 Å². The van der Waals surface area contributed by atoms with Gasteiger partial charge < -0.3 is 9.84 Å². The Morgan fingerprint density at radius 2 is 1.77 bits per heavy atom. The van der Waals surface area contributed by atoms with Crippen LogP contribution in [-0.4, -0.2) is 17.2 Å². The van der Waals surface area contributed by atoms with Gasteiger partial charge in [-0.3, -0.25) is 0 Å². The van der Waals surface area contributed by atoms with Crippen molar-refractivity contribution < 1.29 is 14.6 Å². The first-order valence-corrected chi connectivity index (χ1v) is 7.46. The monoisotopic (exact) mass is 318 g/mol. The fourth-order valence-electron chi connectivity index (χ4n) is 2.11. The van der Waals surface area contributed by atoms with Gasteiger partial charge >= 0.3 is 5.97 Å². The smallest absolute Gasteiger partial charge is 0.345 e. The van der Waals surface area contributed by atoms with E-state index < -0.39 is 12.1 Å². The molecule has 0 saturated carbocycles. The molecule has 3 nitrogen and oxygen atoms in total. The standard InChI is InChI=1S/C18H19ClO3/c1-11-5-7-15(8-13(11)3)22-17(18(20)21)10-14-6-4-12(2)16(19)9-14/h4-9,17H,10H2,1-3H3,(H,20,21). The number of hydrogen-bond acceptors (Lipinski definition) is 2. The van der Waals surface area contributed by atoms with E-state index in [9.17, 15) is 9.90 Å². The number of hydrogen-bond donors (Lipinski definition) is 1. The van der Waals surface area contributed by atoms with E-state index in [4.69, 9.17) is 16.3 Å². The highest BCUT2D eigenvalue weighted by Crippen LogP contribution is 2.21. The topological polar surface area (TPSA) is 46.5 Å². The molecule has 2 rings (SSSR count). The summed E-state index contributed by atoms with van der Waals surface area (Å²) in [6.07, 6.45) is -0.678. The summed E-state index contributed by atoms with van der Waals surface area (Å²) in [5, 5.41) is 10.0. The van der Waals surface area contributed by atoms with Gasteiger partial charge in [0.1, 0.15) is 5.75 Å². The van der Waals surface area contributed by atoms with Crippen LogP contribution in [0.4, 0.5) is 0 Å². The normalized spacial score (nSPS) is 12.0. The van der Waals surface area contributed by atoms with Crippen LogP contribution in [0.1, 0.15) is 22.3 Å².